The zero-order chi connectivity index (χ0) is 16.3. The summed E-state index contributed by atoms with van der Waals surface area (Å²) in [6.45, 7) is 1.02. The number of rotatable bonds is 2. The third-order valence-corrected chi connectivity index (χ3v) is 3.94. The number of likely N-dealkylation sites (tertiary alicyclic amines) is 1. The predicted octanol–water partition coefficient (Wildman–Crippen LogP) is 2.81. The summed E-state index contributed by atoms with van der Waals surface area (Å²) in [5.74, 6) is -1.08. The number of nitrogens with zero attached hydrogens (tertiary/aromatic N) is 2. The van der Waals surface area contributed by atoms with Gasteiger partial charge in [-0.25, -0.2) is 9.18 Å². The minimum atomic E-state index is -0.576. The second-order valence-corrected chi connectivity index (χ2v) is 5.99. The maximum Gasteiger partial charge on any atom is 0.319 e. The number of nitrogens with one attached hydrogen (secondary N) is 1. The summed E-state index contributed by atoms with van der Waals surface area (Å²) in [6, 6.07) is 4.03. The highest BCUT2D eigenvalue weighted by Gasteiger charge is 2.29. The van der Waals surface area contributed by atoms with Gasteiger partial charge < -0.3 is 15.1 Å². The van der Waals surface area contributed by atoms with E-state index in [1.165, 1.54) is 17.0 Å². The van der Waals surface area contributed by atoms with Crippen LogP contribution in [0, 0.1) is 11.7 Å². The number of hydrogen-bond donors (Lipinski definition) is 1. The van der Waals surface area contributed by atoms with E-state index in [1.54, 1.807) is 25.1 Å². The minimum Gasteiger partial charge on any atom is -0.331 e. The molecule has 1 atom stereocenters. The lowest BCUT2D eigenvalue weighted by Crippen LogP contribution is -2.47. The molecule has 22 heavy (non-hydrogen) atoms. The van der Waals surface area contributed by atoms with Gasteiger partial charge in [-0.2, -0.15) is 0 Å². The number of halogens is 2. The molecule has 0 bridgehead atoms. The fourth-order valence-corrected chi connectivity index (χ4v) is 2.58. The quantitative estimate of drug-likeness (QED) is 0.908. The lowest BCUT2D eigenvalue weighted by molar-refractivity contribution is -0.121. The molecule has 1 aromatic carbocycles. The van der Waals surface area contributed by atoms with E-state index in [0.29, 0.717) is 25.2 Å². The van der Waals surface area contributed by atoms with Crippen LogP contribution in [-0.2, 0) is 4.79 Å². The van der Waals surface area contributed by atoms with Crippen molar-refractivity contribution in [3.8, 4) is 0 Å². The van der Waals surface area contributed by atoms with Gasteiger partial charge in [-0.15, -0.1) is 0 Å². The fourth-order valence-electron chi connectivity index (χ4n) is 2.47. The third kappa shape index (κ3) is 3.88. The van der Waals surface area contributed by atoms with Crippen molar-refractivity contribution in [1.29, 1.82) is 0 Å². The van der Waals surface area contributed by atoms with Gasteiger partial charge in [0.15, 0.2) is 0 Å². The first-order valence-electron chi connectivity index (χ1n) is 7.10. The van der Waals surface area contributed by atoms with Crippen molar-refractivity contribution in [3.63, 3.8) is 0 Å². The molecule has 2 rings (SSSR count). The first-order valence-corrected chi connectivity index (χ1v) is 7.48. The topological polar surface area (TPSA) is 52.7 Å². The first-order chi connectivity index (χ1) is 10.4. The number of hydrogen-bond acceptors (Lipinski definition) is 2. The number of amides is 3. The molecule has 1 heterocycles. The van der Waals surface area contributed by atoms with Crippen molar-refractivity contribution in [2.24, 2.45) is 5.92 Å². The number of anilines is 1. The van der Waals surface area contributed by atoms with E-state index < -0.39 is 5.82 Å². The van der Waals surface area contributed by atoms with E-state index in [2.05, 4.69) is 5.32 Å². The summed E-state index contributed by atoms with van der Waals surface area (Å²) < 4.78 is 13.4. The van der Waals surface area contributed by atoms with Crippen molar-refractivity contribution in [1.82, 2.24) is 9.80 Å². The third-order valence-electron chi connectivity index (χ3n) is 3.63. The van der Waals surface area contributed by atoms with E-state index in [0.717, 1.165) is 6.42 Å². The first kappa shape index (κ1) is 16.5. The molecular formula is C15H19ClFN3O2. The Morgan fingerprint density at radius 3 is 2.77 bits per heavy atom. The van der Waals surface area contributed by atoms with Crippen molar-refractivity contribution >= 4 is 29.2 Å². The van der Waals surface area contributed by atoms with Gasteiger partial charge >= 0.3 is 6.03 Å². The van der Waals surface area contributed by atoms with Crippen LogP contribution in [0.3, 0.4) is 0 Å². The van der Waals surface area contributed by atoms with Crippen LogP contribution < -0.4 is 5.32 Å². The van der Waals surface area contributed by atoms with Crippen molar-refractivity contribution < 1.29 is 14.0 Å². The maximum absolute atomic E-state index is 13.4. The molecule has 0 radical (unpaired) electrons. The molecule has 7 heteroatoms. The second-order valence-electron chi connectivity index (χ2n) is 5.58. The van der Waals surface area contributed by atoms with Gasteiger partial charge in [0, 0.05) is 32.9 Å². The zero-order valence-electron chi connectivity index (χ0n) is 12.6. The highest BCUT2D eigenvalue weighted by Crippen LogP contribution is 2.22. The van der Waals surface area contributed by atoms with Crippen LogP contribution in [0.5, 0.6) is 0 Å². The highest BCUT2D eigenvalue weighted by molar-refractivity contribution is 6.30. The molecule has 1 aliphatic heterocycles. The monoisotopic (exact) mass is 327 g/mol. The van der Waals surface area contributed by atoms with Crippen molar-refractivity contribution in [2.75, 3.05) is 32.5 Å². The molecule has 0 unspecified atom stereocenters. The fraction of sp³-hybridized carbons (Fsp3) is 0.467. The molecule has 1 aliphatic rings. The number of benzene rings is 1. The summed E-state index contributed by atoms with van der Waals surface area (Å²) in [5, 5.41) is 2.69. The molecule has 0 saturated carbocycles. The van der Waals surface area contributed by atoms with E-state index in [-0.39, 0.29) is 22.9 Å². The average Bonchev–Trinajstić information content (AvgIpc) is 2.50. The molecule has 0 aliphatic carbocycles. The van der Waals surface area contributed by atoms with Crippen LogP contribution >= 0.6 is 11.6 Å². The number of carbonyl (C=O) groups is 2. The average molecular weight is 328 g/mol. The molecule has 1 aromatic rings. The van der Waals surface area contributed by atoms with Crippen molar-refractivity contribution in [2.45, 2.75) is 12.8 Å². The van der Waals surface area contributed by atoms with Gasteiger partial charge in [-0.1, -0.05) is 11.6 Å². The minimum absolute atomic E-state index is 0.0124. The Morgan fingerprint density at radius 1 is 1.41 bits per heavy atom. The SMILES string of the molecule is CN(C)C(=O)N1CCC[C@H](C(=O)Nc2ccc(Cl)c(F)c2)C1. The van der Waals surface area contributed by atoms with E-state index in [9.17, 15) is 14.0 Å². The normalized spacial score (nSPS) is 18.0. The smallest absolute Gasteiger partial charge is 0.319 e. The van der Waals surface area contributed by atoms with E-state index >= 15 is 0 Å². The maximum atomic E-state index is 13.4. The van der Waals surface area contributed by atoms with Crippen molar-refractivity contribution in [3.05, 3.63) is 29.0 Å². The molecule has 120 valence electrons. The lowest BCUT2D eigenvalue weighted by Gasteiger charge is -2.33. The molecule has 1 N–H and O–H groups in total. The van der Waals surface area contributed by atoms with Crippen LogP contribution in [0.1, 0.15) is 12.8 Å². The molecule has 5 nitrogen and oxygen atoms in total. The number of urea groups is 1. The van der Waals surface area contributed by atoms with E-state index in [1.807, 2.05) is 0 Å². The van der Waals surface area contributed by atoms with Crippen LogP contribution in [0.2, 0.25) is 5.02 Å². The molecule has 0 aromatic heterocycles. The van der Waals surface area contributed by atoms with Crippen LogP contribution in [0.25, 0.3) is 0 Å². The van der Waals surface area contributed by atoms with Gasteiger partial charge in [-0.3, -0.25) is 4.79 Å². The van der Waals surface area contributed by atoms with Gasteiger partial charge in [-0.05, 0) is 31.0 Å². The summed E-state index contributed by atoms with van der Waals surface area (Å²) in [5.41, 5.74) is 0.364. The van der Waals surface area contributed by atoms with Gasteiger partial charge in [0.05, 0.1) is 10.9 Å². The number of piperidine rings is 1. The lowest BCUT2D eigenvalue weighted by atomic mass is 9.97. The summed E-state index contributed by atoms with van der Waals surface area (Å²) in [4.78, 5) is 27.4. The summed E-state index contributed by atoms with van der Waals surface area (Å²) >= 11 is 5.61. The molecule has 1 fully saturated rings. The van der Waals surface area contributed by atoms with Crippen LogP contribution in [0.4, 0.5) is 14.9 Å². The van der Waals surface area contributed by atoms with Crippen LogP contribution in [0.15, 0.2) is 18.2 Å². The zero-order valence-corrected chi connectivity index (χ0v) is 13.4. The second kappa shape index (κ2) is 6.96. The molecular weight excluding hydrogens is 309 g/mol. The standard InChI is InChI=1S/C15H19ClFN3O2/c1-19(2)15(22)20-7-3-4-10(9-20)14(21)18-11-5-6-12(16)13(17)8-11/h5-6,8,10H,3-4,7,9H2,1-2H3,(H,18,21)/t10-/m0/s1. The van der Waals surface area contributed by atoms with Crippen LogP contribution in [-0.4, -0.2) is 48.9 Å². The Bertz CT molecular complexity index is 580. The predicted molar refractivity (Wildman–Crippen MR) is 83.4 cm³/mol. The summed E-state index contributed by atoms with van der Waals surface area (Å²) in [6.07, 6.45) is 1.48. The highest BCUT2D eigenvalue weighted by atomic mass is 35.5. The molecule has 1 saturated heterocycles. The Morgan fingerprint density at radius 2 is 2.14 bits per heavy atom. The molecule has 0 spiro atoms. The Hall–Kier alpha value is -1.82. The van der Waals surface area contributed by atoms with Gasteiger partial charge in [0.25, 0.3) is 0 Å². The Labute approximate surface area is 134 Å². The summed E-state index contributed by atoms with van der Waals surface area (Å²) in [7, 11) is 3.37. The molecule has 3 amide bonds. The van der Waals surface area contributed by atoms with Gasteiger partial charge in [0.1, 0.15) is 5.82 Å². The Kier molecular flexibility index (Phi) is 5.24. The van der Waals surface area contributed by atoms with Gasteiger partial charge in [0.2, 0.25) is 5.91 Å². The number of carbonyl (C=O) groups excluding carboxylic acids is 2. The largest absolute Gasteiger partial charge is 0.331 e. The van der Waals surface area contributed by atoms with E-state index in [4.69, 9.17) is 11.6 Å². The Balaban J connectivity index is 1.99.